The van der Waals surface area contributed by atoms with Crippen LogP contribution in [0.5, 0.6) is 0 Å². The molecule has 3 rings (SSSR count). The van der Waals surface area contributed by atoms with Gasteiger partial charge in [0.05, 0.1) is 17.9 Å². The third-order valence-electron chi connectivity index (χ3n) is 3.91. The highest BCUT2D eigenvalue weighted by Crippen LogP contribution is 2.15. The largest absolute Gasteiger partial charge is 0.310 e. The molecule has 0 unspecified atom stereocenters. The number of nitrogens with zero attached hydrogens (tertiary/aromatic N) is 5. The lowest BCUT2D eigenvalue weighted by molar-refractivity contribution is -0.115. The average molecular weight is 339 g/mol. The van der Waals surface area contributed by atoms with Crippen LogP contribution in [-0.4, -0.2) is 37.0 Å². The number of carbonyl (C=O) groups is 1. The molecular weight excluding hydrogens is 318 g/mol. The third kappa shape index (κ3) is 4.10. The summed E-state index contributed by atoms with van der Waals surface area (Å²) < 4.78 is 3.35. The Bertz CT molecular complexity index is 837. The van der Waals surface area contributed by atoms with Crippen LogP contribution in [0.15, 0.2) is 43.0 Å². The van der Waals surface area contributed by atoms with Crippen LogP contribution in [0.4, 0.5) is 5.82 Å². The van der Waals surface area contributed by atoms with Crippen molar-refractivity contribution < 1.29 is 4.79 Å². The van der Waals surface area contributed by atoms with Crippen LogP contribution in [0.25, 0.3) is 5.69 Å². The number of nitrogens with one attached hydrogen (secondary N) is 2. The van der Waals surface area contributed by atoms with Crippen molar-refractivity contribution in [1.29, 1.82) is 0 Å². The molecule has 25 heavy (non-hydrogen) atoms. The number of hydrogen-bond donors (Lipinski definition) is 2. The molecule has 130 valence electrons. The maximum absolute atomic E-state index is 12.1. The van der Waals surface area contributed by atoms with E-state index in [-0.39, 0.29) is 18.5 Å². The summed E-state index contributed by atoms with van der Waals surface area (Å²) in [5.41, 5.74) is 2.90. The standard InChI is InChI=1S/C17H21N7O/c1-12-8-16(23(3)22-12)21-17(25)9-19-13(2)14-4-6-15(7-5-14)24-11-18-10-20-24/h4-8,10-11,13,19H,9H2,1-3H3,(H,21,25)/t13-/m1/s1. The molecule has 2 aromatic heterocycles. The summed E-state index contributed by atoms with van der Waals surface area (Å²) in [4.78, 5) is 16.0. The van der Waals surface area contributed by atoms with Gasteiger partial charge in [-0.1, -0.05) is 12.1 Å². The molecule has 0 saturated heterocycles. The van der Waals surface area contributed by atoms with Gasteiger partial charge in [0.15, 0.2) is 0 Å². The molecule has 8 nitrogen and oxygen atoms in total. The van der Waals surface area contributed by atoms with Crippen molar-refractivity contribution in [2.45, 2.75) is 19.9 Å². The summed E-state index contributed by atoms with van der Waals surface area (Å²) in [6, 6.07) is 9.85. The quantitative estimate of drug-likeness (QED) is 0.712. The third-order valence-corrected chi connectivity index (χ3v) is 3.91. The van der Waals surface area contributed by atoms with Crippen molar-refractivity contribution in [3.8, 4) is 5.69 Å². The number of anilines is 1. The fraction of sp³-hybridized carbons (Fsp3) is 0.294. The summed E-state index contributed by atoms with van der Waals surface area (Å²) in [7, 11) is 1.80. The number of amides is 1. The molecular formula is C17H21N7O. The number of aromatic nitrogens is 5. The maximum Gasteiger partial charge on any atom is 0.239 e. The Morgan fingerprint density at radius 1 is 1.28 bits per heavy atom. The minimum atomic E-state index is -0.103. The monoisotopic (exact) mass is 339 g/mol. The van der Waals surface area contributed by atoms with Gasteiger partial charge in [-0.15, -0.1) is 0 Å². The van der Waals surface area contributed by atoms with Crippen molar-refractivity contribution in [2.24, 2.45) is 7.05 Å². The smallest absolute Gasteiger partial charge is 0.239 e. The van der Waals surface area contributed by atoms with E-state index >= 15 is 0 Å². The lowest BCUT2D eigenvalue weighted by atomic mass is 10.1. The van der Waals surface area contributed by atoms with Gasteiger partial charge in [-0.3, -0.25) is 9.48 Å². The van der Waals surface area contributed by atoms with Crippen LogP contribution < -0.4 is 10.6 Å². The van der Waals surface area contributed by atoms with Gasteiger partial charge in [0.2, 0.25) is 5.91 Å². The summed E-state index contributed by atoms with van der Waals surface area (Å²) >= 11 is 0. The molecule has 0 aliphatic heterocycles. The van der Waals surface area contributed by atoms with E-state index in [9.17, 15) is 4.79 Å². The zero-order chi connectivity index (χ0) is 17.8. The molecule has 0 aliphatic carbocycles. The first-order valence-electron chi connectivity index (χ1n) is 8.02. The lowest BCUT2D eigenvalue weighted by Gasteiger charge is -2.14. The van der Waals surface area contributed by atoms with Crippen LogP contribution in [0.1, 0.15) is 24.2 Å². The van der Waals surface area contributed by atoms with Crippen LogP contribution >= 0.6 is 0 Å². The Kier molecular flexibility index (Phi) is 4.90. The van der Waals surface area contributed by atoms with E-state index in [4.69, 9.17) is 0 Å². The summed E-state index contributed by atoms with van der Waals surface area (Å²) in [5.74, 6) is 0.586. The van der Waals surface area contributed by atoms with E-state index in [0.29, 0.717) is 5.82 Å². The van der Waals surface area contributed by atoms with Crippen molar-refractivity contribution in [1.82, 2.24) is 29.9 Å². The fourth-order valence-corrected chi connectivity index (χ4v) is 2.54. The molecule has 0 bridgehead atoms. The van der Waals surface area contributed by atoms with Crippen molar-refractivity contribution in [3.63, 3.8) is 0 Å². The molecule has 2 N–H and O–H groups in total. The molecule has 0 spiro atoms. The van der Waals surface area contributed by atoms with Gasteiger partial charge in [-0.2, -0.15) is 10.2 Å². The first-order valence-corrected chi connectivity index (χ1v) is 8.02. The Hall–Kier alpha value is -3.00. The second kappa shape index (κ2) is 7.27. The van der Waals surface area contributed by atoms with Gasteiger partial charge in [-0.25, -0.2) is 9.67 Å². The molecule has 8 heteroatoms. The normalized spacial score (nSPS) is 12.1. The number of benzene rings is 1. The molecule has 3 aromatic rings. The topological polar surface area (TPSA) is 89.7 Å². The number of aryl methyl sites for hydroxylation is 2. The highest BCUT2D eigenvalue weighted by Gasteiger charge is 2.10. The lowest BCUT2D eigenvalue weighted by Crippen LogP contribution is -2.30. The van der Waals surface area contributed by atoms with Gasteiger partial charge in [0.25, 0.3) is 0 Å². The number of carbonyl (C=O) groups excluding carboxylic acids is 1. The average Bonchev–Trinajstić information content (AvgIpc) is 3.23. The summed E-state index contributed by atoms with van der Waals surface area (Å²) in [6.45, 7) is 4.13. The minimum Gasteiger partial charge on any atom is -0.310 e. The Morgan fingerprint density at radius 2 is 2.04 bits per heavy atom. The molecule has 0 saturated carbocycles. The minimum absolute atomic E-state index is 0.0452. The van der Waals surface area contributed by atoms with Crippen LogP contribution in [0.3, 0.4) is 0 Å². The molecule has 1 atom stereocenters. The van der Waals surface area contributed by atoms with Gasteiger partial charge in [0, 0.05) is 19.2 Å². The molecule has 1 aromatic carbocycles. The Labute approximate surface area is 145 Å². The summed E-state index contributed by atoms with van der Waals surface area (Å²) in [6.07, 6.45) is 3.15. The zero-order valence-electron chi connectivity index (χ0n) is 14.5. The summed E-state index contributed by atoms with van der Waals surface area (Å²) in [5, 5.41) is 14.4. The van der Waals surface area contributed by atoms with Crippen LogP contribution in [0, 0.1) is 6.92 Å². The van der Waals surface area contributed by atoms with Crippen molar-refractivity contribution in [2.75, 3.05) is 11.9 Å². The van der Waals surface area contributed by atoms with Crippen LogP contribution in [-0.2, 0) is 11.8 Å². The highest BCUT2D eigenvalue weighted by atomic mass is 16.2. The van der Waals surface area contributed by atoms with E-state index in [1.165, 1.54) is 6.33 Å². The van der Waals surface area contributed by atoms with Crippen LogP contribution in [0.2, 0.25) is 0 Å². The highest BCUT2D eigenvalue weighted by molar-refractivity contribution is 5.91. The molecule has 1 amide bonds. The maximum atomic E-state index is 12.1. The first-order chi connectivity index (χ1) is 12.0. The molecule has 2 heterocycles. The van der Waals surface area contributed by atoms with E-state index in [2.05, 4.69) is 25.8 Å². The van der Waals surface area contributed by atoms with E-state index in [1.807, 2.05) is 44.2 Å². The van der Waals surface area contributed by atoms with Gasteiger partial charge < -0.3 is 10.6 Å². The van der Waals surface area contributed by atoms with Gasteiger partial charge in [0.1, 0.15) is 18.5 Å². The van der Waals surface area contributed by atoms with Gasteiger partial charge in [-0.05, 0) is 31.5 Å². The predicted octanol–water partition coefficient (Wildman–Crippen LogP) is 1.60. The molecule has 0 fully saturated rings. The van der Waals surface area contributed by atoms with Gasteiger partial charge >= 0.3 is 0 Å². The fourth-order valence-electron chi connectivity index (χ4n) is 2.54. The predicted molar refractivity (Wildman–Crippen MR) is 94.4 cm³/mol. The van der Waals surface area contributed by atoms with E-state index in [1.54, 1.807) is 22.7 Å². The second-order valence-corrected chi connectivity index (χ2v) is 5.88. The number of rotatable bonds is 6. The Morgan fingerprint density at radius 3 is 2.64 bits per heavy atom. The van der Waals surface area contributed by atoms with E-state index < -0.39 is 0 Å². The second-order valence-electron chi connectivity index (χ2n) is 5.88. The molecule has 0 radical (unpaired) electrons. The van der Waals surface area contributed by atoms with Crippen molar-refractivity contribution in [3.05, 3.63) is 54.2 Å². The molecule has 0 aliphatic rings. The zero-order valence-corrected chi connectivity index (χ0v) is 14.5. The van der Waals surface area contributed by atoms with E-state index in [0.717, 1.165) is 16.9 Å². The van der Waals surface area contributed by atoms with Crippen molar-refractivity contribution >= 4 is 11.7 Å². The Balaban J connectivity index is 1.54. The first kappa shape index (κ1) is 16.8. The number of hydrogen-bond acceptors (Lipinski definition) is 5. The SMILES string of the molecule is Cc1cc(NC(=O)CN[C@H](C)c2ccc(-n3cncn3)cc2)n(C)n1.